The van der Waals surface area contributed by atoms with Gasteiger partial charge in [-0.25, -0.2) is 13.1 Å². The molecule has 7 nitrogen and oxygen atoms in total. The molecule has 1 heterocycles. The van der Waals surface area contributed by atoms with Crippen molar-refractivity contribution >= 4 is 21.8 Å². The second-order valence-electron chi connectivity index (χ2n) is 3.49. The van der Waals surface area contributed by atoms with E-state index in [0.717, 1.165) is 6.26 Å². The van der Waals surface area contributed by atoms with Gasteiger partial charge >= 0.3 is 0 Å². The molecule has 0 aromatic carbocycles. The third-order valence-electron chi connectivity index (χ3n) is 2.12. The summed E-state index contributed by atoms with van der Waals surface area (Å²) in [4.78, 5) is 23.3. The molecule has 0 aliphatic carbocycles. The minimum absolute atomic E-state index is 0.273. The van der Waals surface area contributed by atoms with Crippen LogP contribution in [0.15, 0.2) is 0 Å². The first kappa shape index (κ1) is 11.9. The lowest BCUT2D eigenvalue weighted by Crippen LogP contribution is -2.56. The predicted molar refractivity (Wildman–Crippen MR) is 52.1 cm³/mol. The fourth-order valence-corrected chi connectivity index (χ4v) is 1.55. The molecule has 0 atom stereocenters. The number of hydrogen-bond donors (Lipinski definition) is 2. The third kappa shape index (κ3) is 3.48. The van der Waals surface area contributed by atoms with Crippen molar-refractivity contribution < 1.29 is 18.0 Å². The number of nitrogens with zero attached hydrogens (tertiary/aromatic N) is 1. The van der Waals surface area contributed by atoms with Crippen LogP contribution in [-0.4, -0.2) is 51.0 Å². The quantitative estimate of drug-likeness (QED) is 0.560. The first-order valence-corrected chi connectivity index (χ1v) is 6.20. The van der Waals surface area contributed by atoms with Gasteiger partial charge in [0.15, 0.2) is 0 Å². The number of carbonyl (C=O) groups excluding carboxylic acids is 2. The van der Waals surface area contributed by atoms with E-state index in [-0.39, 0.29) is 31.5 Å². The molecule has 86 valence electrons. The number of hydrogen-bond acceptors (Lipinski definition) is 4. The van der Waals surface area contributed by atoms with E-state index in [0.29, 0.717) is 0 Å². The number of carbonyl (C=O) groups is 2. The first-order valence-electron chi connectivity index (χ1n) is 4.31. The Morgan fingerprint density at radius 2 is 2.00 bits per heavy atom. The number of amides is 2. The van der Waals surface area contributed by atoms with Crippen molar-refractivity contribution in [3.63, 3.8) is 0 Å². The number of primary amides is 1. The normalized spacial score (nSPS) is 17.3. The Labute approximate surface area is 87.7 Å². The maximum Gasteiger partial charge on any atom is 0.237 e. The lowest BCUT2D eigenvalue weighted by atomic mass is 10.00. The van der Waals surface area contributed by atoms with Crippen LogP contribution < -0.4 is 10.5 Å². The van der Waals surface area contributed by atoms with Crippen LogP contribution in [0.2, 0.25) is 0 Å². The van der Waals surface area contributed by atoms with Gasteiger partial charge in [0.25, 0.3) is 0 Å². The molecule has 0 unspecified atom stereocenters. The molecule has 0 aromatic heterocycles. The van der Waals surface area contributed by atoms with Gasteiger partial charge in [0, 0.05) is 13.1 Å². The van der Waals surface area contributed by atoms with Crippen molar-refractivity contribution in [2.75, 3.05) is 25.9 Å². The zero-order chi connectivity index (χ0) is 11.6. The number of sulfonamides is 1. The minimum atomic E-state index is -3.36. The molecule has 0 aromatic rings. The molecule has 15 heavy (non-hydrogen) atoms. The topological polar surface area (TPSA) is 110 Å². The molecule has 1 aliphatic heterocycles. The predicted octanol–water partition coefficient (Wildman–Crippen LogP) is -2.52. The fraction of sp³-hybridized carbons (Fsp3) is 0.714. The number of likely N-dealkylation sites (tertiary alicyclic amines) is 1. The van der Waals surface area contributed by atoms with Crippen LogP contribution in [0.3, 0.4) is 0 Å². The van der Waals surface area contributed by atoms with Crippen LogP contribution in [0.25, 0.3) is 0 Å². The maximum absolute atomic E-state index is 11.3. The second kappa shape index (κ2) is 4.15. The van der Waals surface area contributed by atoms with E-state index in [1.165, 1.54) is 4.90 Å². The van der Waals surface area contributed by atoms with Crippen molar-refractivity contribution in [1.29, 1.82) is 0 Å². The van der Waals surface area contributed by atoms with Gasteiger partial charge < -0.3 is 10.6 Å². The lowest BCUT2D eigenvalue weighted by molar-refractivity contribution is -0.140. The Morgan fingerprint density at radius 1 is 1.47 bits per heavy atom. The van der Waals surface area contributed by atoms with Crippen LogP contribution in [0.1, 0.15) is 0 Å². The molecule has 1 saturated heterocycles. The molecular weight excluding hydrogens is 222 g/mol. The number of rotatable bonds is 4. The van der Waals surface area contributed by atoms with Gasteiger partial charge in [-0.3, -0.25) is 9.59 Å². The number of nitrogens with one attached hydrogen (secondary N) is 1. The summed E-state index contributed by atoms with van der Waals surface area (Å²) in [5.74, 6) is -1.08. The zero-order valence-corrected chi connectivity index (χ0v) is 9.08. The fourth-order valence-electron chi connectivity index (χ4n) is 1.17. The number of nitrogens with two attached hydrogens (primary N) is 1. The van der Waals surface area contributed by atoms with Crippen LogP contribution >= 0.6 is 0 Å². The SMILES string of the molecule is CS(=O)(=O)NCC(=O)N1CC(C(N)=O)C1. The molecule has 1 aliphatic rings. The van der Waals surface area contributed by atoms with Crippen molar-refractivity contribution in [3.05, 3.63) is 0 Å². The van der Waals surface area contributed by atoms with Gasteiger partial charge in [-0.05, 0) is 0 Å². The van der Waals surface area contributed by atoms with Gasteiger partial charge in [0.2, 0.25) is 21.8 Å². The summed E-state index contributed by atoms with van der Waals surface area (Å²) in [5.41, 5.74) is 5.01. The Hall–Kier alpha value is -1.15. The van der Waals surface area contributed by atoms with Crippen molar-refractivity contribution in [2.24, 2.45) is 11.7 Å². The highest BCUT2D eigenvalue weighted by Crippen LogP contribution is 2.14. The highest BCUT2D eigenvalue weighted by Gasteiger charge is 2.34. The Kier molecular flexibility index (Phi) is 3.30. The molecule has 1 fully saturated rings. The zero-order valence-electron chi connectivity index (χ0n) is 8.26. The van der Waals surface area contributed by atoms with E-state index in [4.69, 9.17) is 5.73 Å². The molecule has 0 spiro atoms. The maximum atomic E-state index is 11.3. The molecule has 0 bridgehead atoms. The summed E-state index contributed by atoms with van der Waals surface area (Å²) in [5, 5.41) is 0. The smallest absolute Gasteiger partial charge is 0.237 e. The molecular formula is C7H13N3O4S. The van der Waals surface area contributed by atoms with Gasteiger partial charge in [-0.1, -0.05) is 0 Å². The van der Waals surface area contributed by atoms with Crippen molar-refractivity contribution in [2.45, 2.75) is 0 Å². The molecule has 0 radical (unpaired) electrons. The summed E-state index contributed by atoms with van der Waals surface area (Å²) in [7, 11) is -3.36. The van der Waals surface area contributed by atoms with Gasteiger partial charge in [0.1, 0.15) is 0 Å². The Balaban J connectivity index is 2.30. The largest absolute Gasteiger partial charge is 0.369 e. The molecule has 0 saturated carbocycles. The highest BCUT2D eigenvalue weighted by molar-refractivity contribution is 7.88. The average Bonchev–Trinajstić information content (AvgIpc) is 1.95. The third-order valence-corrected chi connectivity index (χ3v) is 2.79. The molecule has 2 amide bonds. The first-order chi connectivity index (χ1) is 6.79. The monoisotopic (exact) mass is 235 g/mol. The van der Waals surface area contributed by atoms with E-state index >= 15 is 0 Å². The molecule has 1 rings (SSSR count). The second-order valence-corrected chi connectivity index (χ2v) is 5.32. The van der Waals surface area contributed by atoms with Crippen LogP contribution in [0, 0.1) is 5.92 Å². The standard InChI is InChI=1S/C7H13N3O4S/c1-15(13,14)9-2-6(11)10-3-5(4-10)7(8)12/h5,9H,2-4H2,1H3,(H2,8,12). The van der Waals surface area contributed by atoms with Gasteiger partial charge in [-0.15, -0.1) is 0 Å². The lowest BCUT2D eigenvalue weighted by Gasteiger charge is -2.37. The summed E-state index contributed by atoms with van der Waals surface area (Å²) in [6.45, 7) is 0.281. The molecule has 3 N–H and O–H groups in total. The average molecular weight is 235 g/mol. The van der Waals surface area contributed by atoms with E-state index in [2.05, 4.69) is 4.72 Å². The molecule has 8 heteroatoms. The van der Waals surface area contributed by atoms with Gasteiger partial charge in [0.05, 0.1) is 18.7 Å². The Bertz CT molecular complexity index is 372. The van der Waals surface area contributed by atoms with E-state index in [9.17, 15) is 18.0 Å². The summed E-state index contributed by atoms with van der Waals surface area (Å²) < 4.78 is 23.4. The van der Waals surface area contributed by atoms with E-state index in [1.54, 1.807) is 0 Å². The highest BCUT2D eigenvalue weighted by atomic mass is 32.2. The summed E-state index contributed by atoms with van der Waals surface area (Å²) in [6.07, 6.45) is 0.975. The Morgan fingerprint density at radius 3 is 2.40 bits per heavy atom. The van der Waals surface area contributed by atoms with E-state index < -0.39 is 15.9 Å². The van der Waals surface area contributed by atoms with E-state index in [1.807, 2.05) is 0 Å². The summed E-state index contributed by atoms with van der Waals surface area (Å²) in [6, 6.07) is 0. The van der Waals surface area contributed by atoms with Crippen LogP contribution in [0.5, 0.6) is 0 Å². The van der Waals surface area contributed by atoms with Crippen molar-refractivity contribution in [1.82, 2.24) is 9.62 Å². The van der Waals surface area contributed by atoms with Crippen molar-refractivity contribution in [3.8, 4) is 0 Å². The van der Waals surface area contributed by atoms with Crippen LogP contribution in [-0.2, 0) is 19.6 Å². The summed E-state index contributed by atoms with van der Waals surface area (Å²) >= 11 is 0. The van der Waals surface area contributed by atoms with Crippen LogP contribution in [0.4, 0.5) is 0 Å². The van der Waals surface area contributed by atoms with Gasteiger partial charge in [-0.2, -0.15) is 0 Å². The minimum Gasteiger partial charge on any atom is -0.369 e.